The molecular formula is C14H17N3O2S. The van der Waals surface area contributed by atoms with Crippen molar-refractivity contribution >= 4 is 17.2 Å². The van der Waals surface area contributed by atoms with Crippen LogP contribution in [0.25, 0.3) is 5.13 Å². The Kier molecular flexibility index (Phi) is 3.35. The maximum absolute atomic E-state index is 12.5. The van der Waals surface area contributed by atoms with Crippen molar-refractivity contribution in [3.63, 3.8) is 0 Å². The minimum absolute atomic E-state index is 0.00236. The molecule has 1 atom stereocenters. The number of rotatable bonds is 2. The number of carbonyl (C=O) groups excluding carboxylic acids is 1. The molecule has 1 fully saturated rings. The Labute approximate surface area is 121 Å². The summed E-state index contributed by atoms with van der Waals surface area (Å²) in [6, 6.07) is 1.91. The highest BCUT2D eigenvalue weighted by molar-refractivity contribution is 7.12. The summed E-state index contributed by atoms with van der Waals surface area (Å²) in [7, 11) is 0. The van der Waals surface area contributed by atoms with Crippen molar-refractivity contribution in [1.82, 2.24) is 14.5 Å². The number of aliphatic hydroxyl groups is 1. The molecule has 3 heterocycles. The lowest BCUT2D eigenvalue weighted by Gasteiger charge is -2.15. The van der Waals surface area contributed by atoms with Gasteiger partial charge in [0.15, 0.2) is 5.13 Å². The second-order valence-corrected chi connectivity index (χ2v) is 6.00. The summed E-state index contributed by atoms with van der Waals surface area (Å²) in [4.78, 5) is 18.6. The van der Waals surface area contributed by atoms with Gasteiger partial charge in [-0.1, -0.05) is 0 Å². The van der Waals surface area contributed by atoms with Gasteiger partial charge in [-0.2, -0.15) is 0 Å². The number of aliphatic hydroxyl groups excluding tert-OH is 1. The number of aryl methyl sites for hydroxylation is 1. The Balaban J connectivity index is 1.95. The molecule has 5 nitrogen and oxygen atoms in total. The van der Waals surface area contributed by atoms with E-state index in [0.717, 1.165) is 16.5 Å². The van der Waals surface area contributed by atoms with E-state index in [2.05, 4.69) is 4.98 Å². The second-order valence-electron chi connectivity index (χ2n) is 5.13. The van der Waals surface area contributed by atoms with Gasteiger partial charge in [0.25, 0.3) is 5.91 Å². The van der Waals surface area contributed by atoms with Gasteiger partial charge in [-0.05, 0) is 26.3 Å². The summed E-state index contributed by atoms with van der Waals surface area (Å²) in [5, 5.41) is 12.4. The number of hydrogen-bond donors (Lipinski definition) is 1. The molecule has 106 valence electrons. The highest BCUT2D eigenvalue weighted by Crippen LogP contribution is 2.24. The molecule has 0 saturated carbocycles. The normalized spacial score (nSPS) is 18.8. The van der Waals surface area contributed by atoms with E-state index in [-0.39, 0.29) is 12.0 Å². The predicted octanol–water partition coefficient (Wildman–Crippen LogP) is 1.76. The molecule has 0 radical (unpaired) electrons. The van der Waals surface area contributed by atoms with E-state index in [1.54, 1.807) is 22.4 Å². The van der Waals surface area contributed by atoms with Crippen molar-refractivity contribution in [2.45, 2.75) is 26.4 Å². The summed E-state index contributed by atoms with van der Waals surface area (Å²) < 4.78 is 2.00. The summed E-state index contributed by atoms with van der Waals surface area (Å²) in [6.07, 6.45) is 2.04. The standard InChI is InChI=1S/C14H17N3O2S/c1-9-7-12(13(19)16-5-3-11(18)8-16)10(2)17(9)14-15-4-6-20-14/h4,6-7,11,18H,3,5,8H2,1-2H3/t11-/m1/s1. The van der Waals surface area contributed by atoms with Crippen LogP contribution in [0.3, 0.4) is 0 Å². The van der Waals surface area contributed by atoms with Gasteiger partial charge in [0.1, 0.15) is 0 Å². The fourth-order valence-electron chi connectivity index (χ4n) is 2.70. The number of likely N-dealkylation sites (tertiary alicyclic amines) is 1. The molecule has 1 amide bonds. The van der Waals surface area contributed by atoms with Gasteiger partial charge in [0.2, 0.25) is 0 Å². The van der Waals surface area contributed by atoms with Crippen LogP contribution in [0.1, 0.15) is 28.2 Å². The van der Waals surface area contributed by atoms with E-state index in [9.17, 15) is 9.90 Å². The molecule has 1 aliphatic rings. The Bertz CT molecular complexity index is 633. The second kappa shape index (κ2) is 5.03. The number of thiazole rings is 1. The molecule has 6 heteroatoms. The predicted molar refractivity (Wildman–Crippen MR) is 77.4 cm³/mol. The smallest absolute Gasteiger partial charge is 0.255 e. The number of β-amino-alcohol motifs (C(OH)–C–C–N with tert-alkyl or cyclic N) is 1. The number of carbonyl (C=O) groups is 1. The molecule has 0 aromatic carbocycles. The van der Waals surface area contributed by atoms with Crippen molar-refractivity contribution < 1.29 is 9.90 Å². The zero-order valence-electron chi connectivity index (χ0n) is 11.5. The van der Waals surface area contributed by atoms with E-state index < -0.39 is 0 Å². The third-order valence-corrected chi connectivity index (χ3v) is 4.48. The molecule has 0 aliphatic carbocycles. The Morgan fingerprint density at radius 1 is 1.50 bits per heavy atom. The van der Waals surface area contributed by atoms with Gasteiger partial charge >= 0.3 is 0 Å². The molecular weight excluding hydrogens is 274 g/mol. The van der Waals surface area contributed by atoms with Crippen molar-refractivity contribution in [3.05, 3.63) is 34.6 Å². The SMILES string of the molecule is Cc1cc(C(=O)N2CC[C@@H](O)C2)c(C)n1-c1nccs1. The van der Waals surface area contributed by atoms with E-state index >= 15 is 0 Å². The minimum atomic E-state index is -0.388. The number of aromatic nitrogens is 2. The highest BCUT2D eigenvalue weighted by atomic mass is 32.1. The van der Waals surface area contributed by atoms with Crippen LogP contribution in [0, 0.1) is 13.8 Å². The molecule has 20 heavy (non-hydrogen) atoms. The summed E-state index contributed by atoms with van der Waals surface area (Å²) in [5.41, 5.74) is 2.61. The quantitative estimate of drug-likeness (QED) is 0.917. The molecule has 1 aliphatic heterocycles. The summed E-state index contributed by atoms with van der Waals surface area (Å²) in [5.74, 6) is -0.00236. The average molecular weight is 291 g/mol. The molecule has 1 saturated heterocycles. The molecule has 0 unspecified atom stereocenters. The zero-order chi connectivity index (χ0) is 14.3. The van der Waals surface area contributed by atoms with E-state index in [0.29, 0.717) is 25.1 Å². The van der Waals surface area contributed by atoms with Gasteiger partial charge in [0.05, 0.1) is 11.7 Å². The summed E-state index contributed by atoms with van der Waals surface area (Å²) >= 11 is 1.55. The van der Waals surface area contributed by atoms with Crippen LogP contribution in [0.2, 0.25) is 0 Å². The van der Waals surface area contributed by atoms with Crippen LogP contribution in [0.5, 0.6) is 0 Å². The first-order valence-electron chi connectivity index (χ1n) is 6.64. The van der Waals surface area contributed by atoms with Crippen molar-refractivity contribution in [1.29, 1.82) is 0 Å². The van der Waals surface area contributed by atoms with Crippen LogP contribution in [0.4, 0.5) is 0 Å². The van der Waals surface area contributed by atoms with Gasteiger partial charge in [0, 0.05) is 36.1 Å². The van der Waals surface area contributed by atoms with Crippen molar-refractivity contribution in [2.24, 2.45) is 0 Å². The first-order chi connectivity index (χ1) is 9.58. The van der Waals surface area contributed by atoms with Crippen molar-refractivity contribution in [3.8, 4) is 5.13 Å². The van der Waals surface area contributed by atoms with Crippen molar-refractivity contribution in [2.75, 3.05) is 13.1 Å². The Morgan fingerprint density at radius 2 is 2.30 bits per heavy atom. The third-order valence-electron chi connectivity index (χ3n) is 3.72. The number of amides is 1. The molecule has 1 N–H and O–H groups in total. The topological polar surface area (TPSA) is 58.4 Å². The molecule has 2 aromatic heterocycles. The Hall–Kier alpha value is -1.66. The average Bonchev–Trinajstić information content (AvgIpc) is 3.10. The van der Waals surface area contributed by atoms with E-state index in [1.165, 1.54) is 0 Å². The van der Waals surface area contributed by atoms with Gasteiger partial charge in [-0.3, -0.25) is 9.36 Å². The van der Waals surface area contributed by atoms with Crippen LogP contribution in [-0.4, -0.2) is 44.7 Å². The van der Waals surface area contributed by atoms with E-state index in [4.69, 9.17) is 0 Å². The highest BCUT2D eigenvalue weighted by Gasteiger charge is 2.28. The summed E-state index contributed by atoms with van der Waals surface area (Å²) in [6.45, 7) is 4.97. The van der Waals surface area contributed by atoms with Crippen LogP contribution >= 0.6 is 11.3 Å². The molecule has 3 rings (SSSR count). The largest absolute Gasteiger partial charge is 0.391 e. The van der Waals surface area contributed by atoms with Crippen LogP contribution in [0.15, 0.2) is 17.6 Å². The molecule has 0 spiro atoms. The fourth-order valence-corrected chi connectivity index (χ4v) is 3.45. The monoisotopic (exact) mass is 291 g/mol. The van der Waals surface area contributed by atoms with Crippen LogP contribution in [-0.2, 0) is 0 Å². The van der Waals surface area contributed by atoms with Gasteiger partial charge < -0.3 is 10.0 Å². The van der Waals surface area contributed by atoms with E-state index in [1.807, 2.05) is 29.9 Å². The number of hydrogen-bond acceptors (Lipinski definition) is 4. The lowest BCUT2D eigenvalue weighted by Crippen LogP contribution is -2.29. The van der Waals surface area contributed by atoms with Crippen LogP contribution < -0.4 is 0 Å². The first kappa shape index (κ1) is 13.3. The molecule has 2 aromatic rings. The minimum Gasteiger partial charge on any atom is -0.391 e. The zero-order valence-corrected chi connectivity index (χ0v) is 12.4. The lowest BCUT2D eigenvalue weighted by atomic mass is 10.2. The number of nitrogens with zero attached hydrogens (tertiary/aromatic N) is 3. The first-order valence-corrected chi connectivity index (χ1v) is 7.52. The lowest BCUT2D eigenvalue weighted by molar-refractivity contribution is 0.0764. The fraction of sp³-hybridized carbons (Fsp3) is 0.429. The Morgan fingerprint density at radius 3 is 2.90 bits per heavy atom. The van der Waals surface area contributed by atoms with Gasteiger partial charge in [-0.25, -0.2) is 4.98 Å². The maximum Gasteiger partial charge on any atom is 0.255 e. The maximum atomic E-state index is 12.5. The van der Waals surface area contributed by atoms with Gasteiger partial charge in [-0.15, -0.1) is 11.3 Å². The molecule has 0 bridgehead atoms. The third kappa shape index (κ3) is 2.14.